The molecule has 0 saturated carbocycles. The lowest BCUT2D eigenvalue weighted by Gasteiger charge is -2.22. The Hall–Kier alpha value is -2.49. The van der Waals surface area contributed by atoms with Crippen molar-refractivity contribution in [2.45, 2.75) is 26.3 Å². The average Bonchev–Trinajstić information content (AvgIpc) is 3.12. The minimum Gasteiger partial charge on any atom is -0.493 e. The minimum atomic E-state index is 0. The Kier molecular flexibility index (Phi) is 10.1. The van der Waals surface area contributed by atoms with E-state index in [0.717, 1.165) is 61.3 Å². The summed E-state index contributed by atoms with van der Waals surface area (Å²) in [5, 5.41) is 3.47. The number of halogens is 1. The summed E-state index contributed by atoms with van der Waals surface area (Å²) in [4.78, 5) is 11.2. The smallest absolute Gasteiger partial charge is 0.193 e. The first-order chi connectivity index (χ1) is 15.1. The molecule has 0 radical (unpaired) electrons. The van der Waals surface area contributed by atoms with Crippen LogP contribution >= 0.6 is 24.0 Å². The lowest BCUT2D eigenvalue weighted by Crippen LogP contribution is -2.40. The van der Waals surface area contributed by atoms with Crippen molar-refractivity contribution < 1.29 is 9.47 Å². The Morgan fingerprint density at radius 1 is 1.12 bits per heavy atom. The summed E-state index contributed by atoms with van der Waals surface area (Å²) in [5.41, 5.74) is 3.44. The highest BCUT2D eigenvalue weighted by Gasteiger charge is 2.09. The van der Waals surface area contributed by atoms with Gasteiger partial charge >= 0.3 is 0 Å². The summed E-state index contributed by atoms with van der Waals surface area (Å²) in [6.07, 6.45) is 1.88. The van der Waals surface area contributed by atoms with Crippen molar-refractivity contribution in [2.24, 2.45) is 4.99 Å². The fourth-order valence-electron chi connectivity index (χ4n) is 3.74. The number of fused-ring (bicyclic) bond motifs is 1. The van der Waals surface area contributed by atoms with Gasteiger partial charge in [-0.3, -0.25) is 4.99 Å². The Morgan fingerprint density at radius 2 is 1.88 bits per heavy atom. The molecule has 0 aliphatic heterocycles. The number of rotatable bonds is 9. The van der Waals surface area contributed by atoms with Crippen LogP contribution in [0.2, 0.25) is 0 Å². The molecule has 8 heteroatoms. The second kappa shape index (κ2) is 12.5. The third kappa shape index (κ3) is 6.27. The quantitative estimate of drug-likeness (QED) is 0.188. The van der Waals surface area contributed by atoms with Crippen LogP contribution < -0.4 is 14.8 Å². The van der Waals surface area contributed by atoms with Gasteiger partial charge in [-0.25, -0.2) is 4.98 Å². The van der Waals surface area contributed by atoms with E-state index in [4.69, 9.17) is 9.47 Å². The first-order valence-corrected chi connectivity index (χ1v) is 10.6. The topological polar surface area (TPSA) is 63.9 Å². The molecule has 0 unspecified atom stereocenters. The molecular formula is C24H34IN5O2. The Balaban J connectivity index is 0.00000363. The number of aromatic nitrogens is 2. The van der Waals surface area contributed by atoms with E-state index in [1.165, 1.54) is 11.1 Å². The van der Waals surface area contributed by atoms with E-state index < -0.39 is 0 Å². The van der Waals surface area contributed by atoms with Crippen molar-refractivity contribution in [1.29, 1.82) is 0 Å². The molecule has 0 aliphatic carbocycles. The molecule has 3 rings (SSSR count). The fraction of sp³-hybridized carbons (Fsp3) is 0.417. The maximum absolute atomic E-state index is 5.40. The predicted octanol–water partition coefficient (Wildman–Crippen LogP) is 4.12. The van der Waals surface area contributed by atoms with Crippen LogP contribution in [-0.4, -0.2) is 61.8 Å². The number of aryl methyl sites for hydroxylation is 2. The summed E-state index contributed by atoms with van der Waals surface area (Å²) in [6.45, 7) is 4.68. The third-order valence-corrected chi connectivity index (χ3v) is 5.44. The number of imidazole rings is 1. The summed E-state index contributed by atoms with van der Waals surface area (Å²) < 4.78 is 13.0. The average molecular weight is 551 g/mol. The monoisotopic (exact) mass is 551 g/mol. The predicted molar refractivity (Wildman–Crippen MR) is 142 cm³/mol. The number of ether oxygens (including phenoxy) is 2. The van der Waals surface area contributed by atoms with Crippen molar-refractivity contribution in [3.05, 3.63) is 53.9 Å². The van der Waals surface area contributed by atoms with E-state index in [-0.39, 0.29) is 24.0 Å². The highest BCUT2D eigenvalue weighted by molar-refractivity contribution is 14.0. The van der Waals surface area contributed by atoms with Gasteiger partial charge in [0.15, 0.2) is 17.5 Å². The second-order valence-electron chi connectivity index (χ2n) is 7.49. The van der Waals surface area contributed by atoms with Gasteiger partial charge in [-0.2, -0.15) is 0 Å². The standard InChI is InChI=1S/C24H33N5O2.HI/c1-18-27-20-9-6-7-10-21(20)29(18)15-8-14-26-24(25-2)28(3)16-13-19-11-12-22(30-4)23(17-19)31-5;/h6-7,9-12,17H,8,13-16H2,1-5H3,(H,25,26);1H. The minimum absolute atomic E-state index is 0. The number of hydrogen-bond acceptors (Lipinski definition) is 4. The molecule has 3 aromatic rings. The Morgan fingerprint density at radius 3 is 2.59 bits per heavy atom. The van der Waals surface area contributed by atoms with Crippen LogP contribution in [-0.2, 0) is 13.0 Å². The molecule has 0 atom stereocenters. The van der Waals surface area contributed by atoms with Crippen molar-refractivity contribution in [3.8, 4) is 11.5 Å². The lowest BCUT2D eigenvalue weighted by molar-refractivity contribution is 0.354. The zero-order chi connectivity index (χ0) is 22.2. The van der Waals surface area contributed by atoms with E-state index in [0.29, 0.717) is 0 Å². The van der Waals surface area contributed by atoms with Gasteiger partial charge in [-0.1, -0.05) is 18.2 Å². The molecular weight excluding hydrogens is 517 g/mol. The van der Waals surface area contributed by atoms with E-state index in [9.17, 15) is 0 Å². The van der Waals surface area contributed by atoms with Crippen LogP contribution in [0.3, 0.4) is 0 Å². The molecule has 1 heterocycles. The number of benzene rings is 2. The van der Waals surface area contributed by atoms with Crippen molar-refractivity contribution in [1.82, 2.24) is 19.8 Å². The van der Waals surface area contributed by atoms with Crippen molar-refractivity contribution in [2.75, 3.05) is 41.4 Å². The van der Waals surface area contributed by atoms with Gasteiger partial charge in [-0.05, 0) is 49.6 Å². The largest absolute Gasteiger partial charge is 0.493 e. The molecule has 2 aromatic carbocycles. The van der Waals surface area contributed by atoms with Gasteiger partial charge < -0.3 is 24.3 Å². The summed E-state index contributed by atoms with van der Waals surface area (Å²) in [6, 6.07) is 14.3. The number of nitrogens with one attached hydrogen (secondary N) is 1. The molecule has 174 valence electrons. The van der Waals surface area contributed by atoms with E-state index in [1.54, 1.807) is 14.2 Å². The maximum Gasteiger partial charge on any atom is 0.193 e. The molecule has 0 spiro atoms. The second-order valence-corrected chi connectivity index (χ2v) is 7.49. The number of guanidine groups is 1. The molecule has 0 bridgehead atoms. The summed E-state index contributed by atoms with van der Waals surface area (Å²) in [7, 11) is 7.19. The van der Waals surface area contributed by atoms with Gasteiger partial charge in [0, 0.05) is 33.7 Å². The first kappa shape index (κ1) is 25.8. The van der Waals surface area contributed by atoms with Gasteiger partial charge in [0.25, 0.3) is 0 Å². The number of likely N-dealkylation sites (N-methyl/N-ethyl adjacent to an activating group) is 1. The highest BCUT2D eigenvalue weighted by Crippen LogP contribution is 2.27. The Labute approximate surface area is 207 Å². The van der Waals surface area contributed by atoms with Gasteiger partial charge in [-0.15, -0.1) is 24.0 Å². The zero-order valence-corrected chi connectivity index (χ0v) is 21.9. The van der Waals surface area contributed by atoms with Crippen molar-refractivity contribution >= 4 is 41.0 Å². The van der Waals surface area contributed by atoms with Gasteiger partial charge in [0.1, 0.15) is 5.82 Å². The molecule has 0 fully saturated rings. The lowest BCUT2D eigenvalue weighted by atomic mass is 10.1. The molecule has 0 saturated heterocycles. The van der Waals surface area contributed by atoms with Gasteiger partial charge in [0.2, 0.25) is 0 Å². The number of para-hydroxylation sites is 2. The van der Waals surface area contributed by atoms with Crippen LogP contribution in [0.15, 0.2) is 47.5 Å². The van der Waals surface area contributed by atoms with Crippen LogP contribution in [0.1, 0.15) is 17.8 Å². The number of nitrogens with zero attached hydrogens (tertiary/aromatic N) is 4. The van der Waals surface area contributed by atoms with E-state index in [2.05, 4.69) is 63.0 Å². The van der Waals surface area contributed by atoms with Crippen LogP contribution in [0, 0.1) is 6.92 Å². The van der Waals surface area contributed by atoms with Crippen LogP contribution in [0.25, 0.3) is 11.0 Å². The van der Waals surface area contributed by atoms with E-state index >= 15 is 0 Å². The zero-order valence-electron chi connectivity index (χ0n) is 19.6. The fourth-order valence-corrected chi connectivity index (χ4v) is 3.74. The molecule has 32 heavy (non-hydrogen) atoms. The van der Waals surface area contributed by atoms with Crippen molar-refractivity contribution in [3.63, 3.8) is 0 Å². The van der Waals surface area contributed by atoms with Gasteiger partial charge in [0.05, 0.1) is 25.3 Å². The number of hydrogen-bond donors (Lipinski definition) is 1. The first-order valence-electron chi connectivity index (χ1n) is 10.6. The molecule has 1 aromatic heterocycles. The van der Waals surface area contributed by atoms with Crippen LogP contribution in [0.4, 0.5) is 0 Å². The normalized spacial score (nSPS) is 11.2. The summed E-state index contributed by atoms with van der Waals surface area (Å²) >= 11 is 0. The maximum atomic E-state index is 5.40. The molecule has 1 N–H and O–H groups in total. The summed E-state index contributed by atoms with van der Waals surface area (Å²) in [5.74, 6) is 3.45. The SMILES string of the molecule is CN=C(NCCCn1c(C)nc2ccccc21)N(C)CCc1ccc(OC)c(OC)c1.I. The number of aliphatic imine (C=N–C) groups is 1. The highest BCUT2D eigenvalue weighted by atomic mass is 127. The molecule has 0 amide bonds. The number of methoxy groups -OCH3 is 2. The third-order valence-electron chi connectivity index (χ3n) is 5.44. The Bertz CT molecular complexity index is 1030. The molecule has 7 nitrogen and oxygen atoms in total. The van der Waals surface area contributed by atoms with E-state index in [1.807, 2.05) is 25.2 Å². The molecule has 0 aliphatic rings. The van der Waals surface area contributed by atoms with Crippen LogP contribution in [0.5, 0.6) is 11.5 Å².